The molecule has 0 aromatic rings. The number of aliphatic hydroxyl groups is 7. The van der Waals surface area contributed by atoms with Crippen molar-refractivity contribution >= 4 is 5.91 Å². The SMILES string of the molecule is CNC1C(O[C@H]2OC(CO)[C@@H](NC(=O)[C@@H](O)CN)C(O)C2O)O[C@H]2C[C@H](N)[C@@H](O[C@@H]3C(N)C[C@@H](N)[C@@H](O)C3O)OC2C1O. The number of amides is 1. The largest absolute Gasteiger partial charge is 0.394 e. The molecule has 0 spiro atoms. The van der Waals surface area contributed by atoms with Crippen molar-refractivity contribution in [3.05, 3.63) is 0 Å². The fourth-order valence-electron chi connectivity index (χ4n) is 5.97. The summed E-state index contributed by atoms with van der Waals surface area (Å²) in [7, 11) is 1.51. The molecule has 18 atom stereocenters. The van der Waals surface area contributed by atoms with Crippen LogP contribution in [0, 0.1) is 0 Å². The molecule has 0 bridgehead atoms. The van der Waals surface area contributed by atoms with Crippen molar-refractivity contribution in [2.75, 3.05) is 20.2 Å². The lowest BCUT2D eigenvalue weighted by molar-refractivity contribution is -0.373. The highest BCUT2D eigenvalue weighted by Gasteiger charge is 2.54. The van der Waals surface area contributed by atoms with Crippen molar-refractivity contribution in [3.63, 3.8) is 0 Å². The van der Waals surface area contributed by atoms with Crippen LogP contribution in [0.1, 0.15) is 12.8 Å². The Morgan fingerprint density at radius 2 is 1.53 bits per heavy atom. The van der Waals surface area contributed by atoms with Gasteiger partial charge in [0.05, 0.1) is 36.9 Å². The Morgan fingerprint density at radius 1 is 0.837 bits per heavy atom. The van der Waals surface area contributed by atoms with Crippen LogP contribution in [-0.4, -0.2) is 172 Å². The predicted octanol–water partition coefficient (Wildman–Crippen LogP) is -8.47. The zero-order valence-corrected chi connectivity index (χ0v) is 23.6. The molecule has 4 rings (SSSR count). The number of hydrogen-bond donors (Lipinski definition) is 13. The lowest BCUT2D eigenvalue weighted by atomic mass is 9.84. The maximum atomic E-state index is 12.1. The highest BCUT2D eigenvalue weighted by molar-refractivity contribution is 5.81. The van der Waals surface area contributed by atoms with Gasteiger partial charge in [0.1, 0.15) is 48.8 Å². The van der Waals surface area contributed by atoms with E-state index in [4.69, 9.17) is 46.6 Å². The van der Waals surface area contributed by atoms with Crippen LogP contribution < -0.4 is 33.6 Å². The summed E-state index contributed by atoms with van der Waals surface area (Å²) in [5, 5.41) is 78.0. The summed E-state index contributed by atoms with van der Waals surface area (Å²) in [4.78, 5) is 12.1. The molecule has 19 nitrogen and oxygen atoms in total. The van der Waals surface area contributed by atoms with Crippen molar-refractivity contribution < 1.29 is 64.2 Å². The van der Waals surface area contributed by atoms with Gasteiger partial charge in [0.2, 0.25) is 0 Å². The number of ether oxygens (including phenoxy) is 5. The van der Waals surface area contributed by atoms with Gasteiger partial charge in [0.25, 0.3) is 5.91 Å². The molecule has 1 aliphatic carbocycles. The van der Waals surface area contributed by atoms with Gasteiger partial charge in [-0.1, -0.05) is 0 Å². The quantitative estimate of drug-likeness (QED) is 0.113. The molecule has 1 saturated carbocycles. The number of nitrogens with one attached hydrogen (secondary N) is 2. The summed E-state index contributed by atoms with van der Waals surface area (Å²) in [5.41, 5.74) is 23.5. The number of carbonyl (C=O) groups is 1. The van der Waals surface area contributed by atoms with E-state index in [0.717, 1.165) is 0 Å². The van der Waals surface area contributed by atoms with Gasteiger partial charge < -0.3 is 93.0 Å². The minimum absolute atomic E-state index is 0.0936. The summed E-state index contributed by atoms with van der Waals surface area (Å²) in [6.07, 6.45) is -16.8. The van der Waals surface area contributed by atoms with Gasteiger partial charge in [-0.2, -0.15) is 0 Å². The van der Waals surface area contributed by atoms with Crippen molar-refractivity contribution in [1.29, 1.82) is 0 Å². The average Bonchev–Trinajstić information content (AvgIpc) is 2.97. The Kier molecular flexibility index (Phi) is 11.7. The van der Waals surface area contributed by atoms with Crippen molar-refractivity contribution in [2.45, 2.75) is 123 Å². The highest BCUT2D eigenvalue weighted by atomic mass is 16.8. The van der Waals surface area contributed by atoms with E-state index in [0.29, 0.717) is 0 Å². The van der Waals surface area contributed by atoms with Crippen molar-refractivity contribution in [1.82, 2.24) is 10.6 Å². The third-order valence-electron chi connectivity index (χ3n) is 8.52. The van der Waals surface area contributed by atoms with E-state index in [2.05, 4.69) is 10.6 Å². The fraction of sp³-hybridized carbons (Fsp3) is 0.958. The van der Waals surface area contributed by atoms with Gasteiger partial charge in [-0.3, -0.25) is 4.79 Å². The van der Waals surface area contributed by atoms with Crippen molar-refractivity contribution in [2.24, 2.45) is 22.9 Å². The second-order valence-corrected chi connectivity index (χ2v) is 11.5. The van der Waals surface area contributed by atoms with Gasteiger partial charge in [0.15, 0.2) is 18.9 Å². The van der Waals surface area contributed by atoms with E-state index in [1.807, 2.05) is 0 Å². The van der Waals surface area contributed by atoms with Crippen LogP contribution in [-0.2, 0) is 28.5 Å². The van der Waals surface area contributed by atoms with E-state index >= 15 is 0 Å². The van der Waals surface area contributed by atoms with Crippen LogP contribution in [0.15, 0.2) is 0 Å². The number of fused-ring (bicyclic) bond motifs is 1. The summed E-state index contributed by atoms with van der Waals surface area (Å²) in [6, 6.07) is -4.55. The van der Waals surface area contributed by atoms with Crippen LogP contribution in [0.2, 0.25) is 0 Å². The topological polar surface area (TPSA) is 333 Å². The molecular formula is C24H46N6O13. The number of nitrogens with two attached hydrogens (primary N) is 4. The normalized spacial score (nSPS) is 49.6. The number of likely N-dealkylation sites (N-methyl/N-ethyl adjacent to an activating group) is 1. The highest BCUT2D eigenvalue weighted by Crippen LogP contribution is 2.35. The summed E-state index contributed by atoms with van der Waals surface area (Å²) < 4.78 is 29.4. The average molecular weight is 627 g/mol. The van der Waals surface area contributed by atoms with E-state index in [1.54, 1.807) is 0 Å². The van der Waals surface area contributed by atoms with E-state index in [9.17, 15) is 40.5 Å². The van der Waals surface area contributed by atoms with Gasteiger partial charge in [-0.15, -0.1) is 0 Å². The molecule has 17 N–H and O–H groups in total. The first kappa shape index (κ1) is 34.7. The van der Waals surface area contributed by atoms with E-state index < -0.39 is 129 Å². The second-order valence-electron chi connectivity index (χ2n) is 11.5. The van der Waals surface area contributed by atoms with Crippen LogP contribution in [0.25, 0.3) is 0 Å². The molecule has 3 heterocycles. The van der Waals surface area contributed by atoms with Crippen LogP contribution >= 0.6 is 0 Å². The molecule has 0 aromatic carbocycles. The minimum Gasteiger partial charge on any atom is -0.394 e. The Labute approximate surface area is 247 Å². The Hall–Kier alpha value is -1.21. The smallest absolute Gasteiger partial charge is 0.250 e. The molecular weight excluding hydrogens is 580 g/mol. The summed E-state index contributed by atoms with van der Waals surface area (Å²) in [5.74, 6) is -0.934. The zero-order valence-electron chi connectivity index (χ0n) is 23.6. The molecule has 9 unspecified atom stereocenters. The molecule has 250 valence electrons. The number of rotatable bonds is 9. The maximum Gasteiger partial charge on any atom is 0.250 e. The number of carbonyl (C=O) groups excluding carboxylic acids is 1. The molecule has 3 aliphatic heterocycles. The summed E-state index contributed by atoms with van der Waals surface area (Å²) in [6.45, 7) is -1.09. The first-order chi connectivity index (χ1) is 20.3. The molecule has 19 heteroatoms. The zero-order chi connectivity index (χ0) is 31.7. The third-order valence-corrected chi connectivity index (χ3v) is 8.52. The predicted molar refractivity (Wildman–Crippen MR) is 142 cm³/mol. The first-order valence-electron chi connectivity index (χ1n) is 14.2. The molecule has 0 aromatic heterocycles. The number of hydrogen-bond acceptors (Lipinski definition) is 18. The minimum atomic E-state index is -1.75. The summed E-state index contributed by atoms with van der Waals surface area (Å²) >= 11 is 0. The molecule has 43 heavy (non-hydrogen) atoms. The van der Waals surface area contributed by atoms with Crippen LogP contribution in [0.5, 0.6) is 0 Å². The Balaban J connectivity index is 1.42. The third kappa shape index (κ3) is 7.13. The molecule has 0 radical (unpaired) electrons. The lowest BCUT2D eigenvalue weighted by Crippen LogP contribution is -2.70. The fourth-order valence-corrected chi connectivity index (χ4v) is 5.97. The van der Waals surface area contributed by atoms with E-state index in [1.165, 1.54) is 7.05 Å². The van der Waals surface area contributed by atoms with Gasteiger partial charge in [-0.25, -0.2) is 0 Å². The number of aliphatic hydroxyl groups excluding tert-OH is 7. The molecule has 4 fully saturated rings. The van der Waals surface area contributed by atoms with Gasteiger partial charge in [-0.05, 0) is 19.9 Å². The van der Waals surface area contributed by atoms with Gasteiger partial charge in [0, 0.05) is 18.6 Å². The van der Waals surface area contributed by atoms with Gasteiger partial charge >= 0.3 is 0 Å². The van der Waals surface area contributed by atoms with Crippen LogP contribution in [0.4, 0.5) is 0 Å². The monoisotopic (exact) mass is 626 g/mol. The first-order valence-corrected chi connectivity index (χ1v) is 14.2. The standard InChI is InChI=1S/C24H46N6O13/c1-29-13-16(35)20-10(3-8(28)22(42-20)41-19-7(27)2-6(26)14(33)17(19)36)39-23(13)43-24-18(37)15(34)12(11(5-31)40-24)30-21(38)9(32)4-25/h6-20,22-24,29,31-37H,2-5,25-28H2,1H3,(H,30,38)/t6-,7?,8+,9+,10+,11?,12-,13?,14-,15?,16?,17?,18?,19-,20?,22+,23?,24-/m1/s1. The van der Waals surface area contributed by atoms with E-state index in [-0.39, 0.29) is 12.8 Å². The molecule has 1 amide bonds. The second kappa shape index (κ2) is 14.5. The Bertz CT molecular complexity index is 925. The molecule has 3 saturated heterocycles. The Morgan fingerprint density at radius 3 is 2.16 bits per heavy atom. The maximum absolute atomic E-state index is 12.1. The lowest BCUT2D eigenvalue weighted by Gasteiger charge is -2.51. The van der Waals surface area contributed by atoms with Crippen molar-refractivity contribution in [3.8, 4) is 0 Å². The van der Waals surface area contributed by atoms with Crippen LogP contribution in [0.3, 0.4) is 0 Å². The molecule has 4 aliphatic rings.